The maximum Gasteiger partial charge on any atom is 0.439 e. The highest BCUT2D eigenvalue weighted by Crippen LogP contribution is 2.32. The Kier molecular flexibility index (Phi) is 10.4. The lowest BCUT2D eigenvalue weighted by Gasteiger charge is -2.29. The Hall–Kier alpha value is -5.72. The number of benzene rings is 3. The first-order chi connectivity index (χ1) is 24.4. The minimum Gasteiger partial charge on any atom is -0.444 e. The number of hydrogen-bond donors (Lipinski definition) is 5. The van der Waals surface area contributed by atoms with Crippen molar-refractivity contribution < 1.29 is 23.6 Å². The van der Waals surface area contributed by atoms with E-state index >= 15 is 0 Å². The zero-order valence-corrected chi connectivity index (χ0v) is 29.2. The third kappa shape index (κ3) is 8.91. The predicted octanol–water partition coefficient (Wildman–Crippen LogP) is 5.88. The van der Waals surface area contributed by atoms with E-state index in [-0.39, 0.29) is 35.9 Å². The van der Waals surface area contributed by atoms with Crippen LogP contribution in [0.15, 0.2) is 76.2 Å². The highest BCUT2D eigenvalue weighted by molar-refractivity contribution is 5.98. The molecule has 51 heavy (non-hydrogen) atoms. The van der Waals surface area contributed by atoms with Gasteiger partial charge < -0.3 is 20.7 Å². The molecule has 2 heterocycles. The Bertz CT molecular complexity index is 2070. The van der Waals surface area contributed by atoms with Crippen molar-refractivity contribution in [2.45, 2.75) is 71.4 Å². The summed E-state index contributed by atoms with van der Waals surface area (Å²) in [6.45, 7) is 8.01. The number of aromatic amines is 2. The Morgan fingerprint density at radius 2 is 1.76 bits per heavy atom. The van der Waals surface area contributed by atoms with Crippen LogP contribution in [0.2, 0.25) is 0 Å². The number of carbonyl (C=O) groups excluding carboxylic acids is 3. The summed E-state index contributed by atoms with van der Waals surface area (Å²) in [7, 11) is 0. The van der Waals surface area contributed by atoms with Crippen LogP contribution in [0.5, 0.6) is 0 Å². The van der Waals surface area contributed by atoms with Crippen molar-refractivity contribution in [3.63, 3.8) is 0 Å². The molecule has 1 aliphatic rings. The molecule has 2 aromatic heterocycles. The molecule has 0 saturated heterocycles. The van der Waals surface area contributed by atoms with Crippen LogP contribution in [-0.2, 0) is 20.7 Å². The zero-order chi connectivity index (χ0) is 36.1. The second kappa shape index (κ2) is 15.0. The molecule has 5 aromatic rings. The van der Waals surface area contributed by atoms with Crippen molar-refractivity contribution in [2.24, 2.45) is 11.8 Å². The standard InChI is InChI=1S/C38H43N7O6/c1-22-8-17-30-29(21-40-44-30)32(22)27-7-5-6-24(18-27)19-31(35(47)41-28-15-13-25(14-16-28)33-43-37(49)51-45-33)42-34(46)26-11-9-23(10-12-26)20-39-36(48)50-38(2,3)4/h5-8,13-18,21,23,26,31H,9-12,19-20H2,1-4H3,(H,39,48)(H,40,44)(H,41,47)(H,42,46)(H,43,45,49)/t23?,26?,31-/m0/s1. The molecule has 0 spiro atoms. The number of fused-ring (bicyclic) bond motifs is 1. The fourth-order valence-corrected chi connectivity index (χ4v) is 6.56. The minimum atomic E-state index is -0.864. The monoisotopic (exact) mass is 693 g/mol. The van der Waals surface area contributed by atoms with Gasteiger partial charge in [0.25, 0.3) is 0 Å². The fraction of sp³-hybridized carbons (Fsp3) is 0.368. The van der Waals surface area contributed by atoms with Crippen molar-refractivity contribution in [3.05, 3.63) is 88.5 Å². The number of H-pyrrole nitrogens is 2. The van der Waals surface area contributed by atoms with Gasteiger partial charge in [-0.15, -0.1) is 0 Å². The Morgan fingerprint density at radius 1 is 1.00 bits per heavy atom. The van der Waals surface area contributed by atoms with Crippen LogP contribution < -0.4 is 21.7 Å². The van der Waals surface area contributed by atoms with Gasteiger partial charge in [-0.3, -0.25) is 24.2 Å². The maximum absolute atomic E-state index is 13.9. The molecule has 5 N–H and O–H groups in total. The third-order valence-corrected chi connectivity index (χ3v) is 9.14. The third-order valence-electron chi connectivity index (χ3n) is 9.14. The molecule has 13 nitrogen and oxygen atoms in total. The van der Waals surface area contributed by atoms with Gasteiger partial charge >= 0.3 is 11.8 Å². The van der Waals surface area contributed by atoms with Gasteiger partial charge in [-0.25, -0.2) is 9.59 Å². The number of alkyl carbamates (subject to hydrolysis) is 1. The summed E-state index contributed by atoms with van der Waals surface area (Å²) in [6, 6.07) is 18.0. The topological polar surface area (TPSA) is 184 Å². The molecule has 1 saturated carbocycles. The number of nitrogens with zero attached hydrogens (tertiary/aromatic N) is 2. The first-order valence-corrected chi connectivity index (χ1v) is 17.2. The number of rotatable bonds is 10. The van der Waals surface area contributed by atoms with E-state index in [1.807, 2.05) is 57.3 Å². The summed E-state index contributed by atoms with van der Waals surface area (Å²) in [4.78, 5) is 53.6. The summed E-state index contributed by atoms with van der Waals surface area (Å²) >= 11 is 0. The van der Waals surface area contributed by atoms with Gasteiger partial charge in [-0.2, -0.15) is 5.10 Å². The molecule has 266 valence electrons. The Balaban J connectivity index is 1.16. The Labute approximate surface area is 294 Å². The highest BCUT2D eigenvalue weighted by Gasteiger charge is 2.30. The van der Waals surface area contributed by atoms with Gasteiger partial charge in [-0.1, -0.05) is 35.5 Å². The molecule has 1 fully saturated rings. The lowest BCUT2D eigenvalue weighted by atomic mass is 9.81. The molecule has 3 aromatic carbocycles. The summed E-state index contributed by atoms with van der Waals surface area (Å²) < 4.78 is 9.94. The van der Waals surface area contributed by atoms with E-state index < -0.39 is 23.5 Å². The molecular formula is C38H43N7O6. The van der Waals surface area contributed by atoms with Gasteiger partial charge in [0.1, 0.15) is 11.6 Å². The van der Waals surface area contributed by atoms with E-state index in [0.29, 0.717) is 30.6 Å². The zero-order valence-electron chi connectivity index (χ0n) is 29.2. The van der Waals surface area contributed by atoms with Crippen LogP contribution in [0, 0.1) is 18.8 Å². The molecule has 1 aliphatic carbocycles. The SMILES string of the molecule is Cc1ccc2[nH]ncc2c1-c1cccc(C[C@H](NC(=O)C2CCC(CNC(=O)OC(C)(C)C)CC2)C(=O)Nc2ccc(-c3noc(=O)[nH]3)cc2)c1. The number of carbonyl (C=O) groups is 3. The van der Waals surface area contributed by atoms with E-state index in [1.165, 1.54) is 0 Å². The number of aromatic nitrogens is 4. The van der Waals surface area contributed by atoms with Crippen molar-refractivity contribution >= 4 is 34.5 Å². The average molecular weight is 694 g/mol. The maximum atomic E-state index is 13.9. The normalized spacial score (nSPS) is 16.7. The molecule has 3 amide bonds. The van der Waals surface area contributed by atoms with Crippen LogP contribution >= 0.6 is 0 Å². The number of ether oxygens (including phenoxy) is 1. The first kappa shape index (κ1) is 35.1. The molecule has 13 heteroatoms. The molecule has 6 rings (SSSR count). The van der Waals surface area contributed by atoms with E-state index in [0.717, 1.165) is 46.0 Å². The second-order valence-corrected chi connectivity index (χ2v) is 14.2. The number of amides is 3. The molecule has 1 atom stereocenters. The van der Waals surface area contributed by atoms with Gasteiger partial charge in [0.2, 0.25) is 11.8 Å². The van der Waals surface area contributed by atoms with Crippen LogP contribution in [0.1, 0.15) is 57.6 Å². The highest BCUT2D eigenvalue weighted by atomic mass is 16.6. The van der Waals surface area contributed by atoms with E-state index in [4.69, 9.17) is 4.74 Å². The van der Waals surface area contributed by atoms with E-state index in [9.17, 15) is 19.2 Å². The lowest BCUT2D eigenvalue weighted by Crippen LogP contribution is -2.48. The number of aryl methyl sites for hydroxylation is 1. The molecule has 0 unspecified atom stereocenters. The van der Waals surface area contributed by atoms with Gasteiger partial charge in [0.15, 0.2) is 5.82 Å². The van der Waals surface area contributed by atoms with E-state index in [2.05, 4.69) is 53.8 Å². The fourth-order valence-electron chi connectivity index (χ4n) is 6.56. The summed E-state index contributed by atoms with van der Waals surface area (Å²) in [5.74, 6) is -0.930. The minimum absolute atomic E-state index is 0.172. The lowest BCUT2D eigenvalue weighted by molar-refractivity contribution is -0.130. The number of nitrogens with one attached hydrogen (secondary N) is 5. The van der Waals surface area contributed by atoms with Gasteiger partial charge in [0, 0.05) is 35.5 Å². The predicted molar refractivity (Wildman–Crippen MR) is 193 cm³/mol. The molecule has 0 aliphatic heterocycles. The first-order valence-electron chi connectivity index (χ1n) is 17.2. The van der Waals surface area contributed by atoms with Crippen LogP contribution in [0.25, 0.3) is 33.4 Å². The van der Waals surface area contributed by atoms with Crippen LogP contribution in [0.3, 0.4) is 0 Å². The smallest absolute Gasteiger partial charge is 0.439 e. The average Bonchev–Trinajstić information content (AvgIpc) is 3.76. The molecular weight excluding hydrogens is 650 g/mol. The van der Waals surface area contributed by atoms with Crippen molar-refractivity contribution in [1.29, 1.82) is 0 Å². The van der Waals surface area contributed by atoms with Gasteiger partial charge in [0.05, 0.1) is 11.7 Å². The molecule has 0 radical (unpaired) electrons. The quantitative estimate of drug-likeness (QED) is 0.120. The summed E-state index contributed by atoms with van der Waals surface area (Å²) in [6.07, 6.45) is 4.48. The van der Waals surface area contributed by atoms with Crippen molar-refractivity contribution in [3.8, 4) is 22.5 Å². The van der Waals surface area contributed by atoms with Gasteiger partial charge in [-0.05, 0) is 112 Å². The Morgan fingerprint density at radius 3 is 2.47 bits per heavy atom. The van der Waals surface area contributed by atoms with E-state index in [1.54, 1.807) is 24.3 Å². The molecule has 0 bridgehead atoms. The summed E-state index contributed by atoms with van der Waals surface area (Å²) in [5.41, 5.74) is 5.51. The van der Waals surface area contributed by atoms with Crippen molar-refractivity contribution in [1.82, 2.24) is 31.0 Å². The summed E-state index contributed by atoms with van der Waals surface area (Å²) in [5, 5.41) is 20.8. The number of hydrogen-bond acceptors (Lipinski definition) is 8. The number of anilines is 1. The van der Waals surface area contributed by atoms with Crippen LogP contribution in [0.4, 0.5) is 10.5 Å². The van der Waals surface area contributed by atoms with Crippen molar-refractivity contribution in [2.75, 3.05) is 11.9 Å². The van der Waals surface area contributed by atoms with Crippen LogP contribution in [-0.4, -0.2) is 56.4 Å². The largest absolute Gasteiger partial charge is 0.444 e. The second-order valence-electron chi connectivity index (χ2n) is 14.2.